The highest BCUT2D eigenvalue weighted by atomic mass is 32.1. The molecule has 0 aliphatic rings. The van der Waals surface area contributed by atoms with Gasteiger partial charge in [-0.15, -0.1) is 11.3 Å². The van der Waals surface area contributed by atoms with Crippen LogP contribution in [-0.2, 0) is 13.6 Å². The van der Waals surface area contributed by atoms with E-state index in [1.807, 2.05) is 19.2 Å². The first-order valence-corrected chi connectivity index (χ1v) is 6.81. The molecule has 2 heterocycles. The second kappa shape index (κ2) is 5.46. The number of hydrogen-bond acceptors (Lipinski definition) is 4. The van der Waals surface area contributed by atoms with Gasteiger partial charge in [-0.2, -0.15) is 0 Å². The predicted molar refractivity (Wildman–Crippen MR) is 75.1 cm³/mol. The number of carbonyl (C=O) groups is 2. The van der Waals surface area contributed by atoms with Crippen LogP contribution in [0.4, 0.5) is 0 Å². The molecule has 2 rings (SSSR count). The molecule has 0 aromatic carbocycles. The molecule has 7 heteroatoms. The zero-order valence-electron chi connectivity index (χ0n) is 11.4. The summed E-state index contributed by atoms with van der Waals surface area (Å²) in [5, 5.41) is 12.3. The minimum absolute atomic E-state index is 0.0503. The summed E-state index contributed by atoms with van der Waals surface area (Å²) in [5.41, 5.74) is 1.54. The molecule has 6 nitrogen and oxygen atoms in total. The van der Waals surface area contributed by atoms with Gasteiger partial charge in [0.2, 0.25) is 0 Å². The van der Waals surface area contributed by atoms with E-state index in [-0.39, 0.29) is 18.1 Å². The summed E-state index contributed by atoms with van der Waals surface area (Å²) in [7, 11) is 1.80. The first-order valence-electron chi connectivity index (χ1n) is 6.00. The van der Waals surface area contributed by atoms with Gasteiger partial charge in [-0.1, -0.05) is 0 Å². The van der Waals surface area contributed by atoms with Crippen LogP contribution in [0.15, 0.2) is 12.3 Å². The second-order valence-corrected chi connectivity index (χ2v) is 5.75. The Morgan fingerprint density at radius 2 is 2.15 bits per heavy atom. The Bertz CT molecular complexity index is 653. The van der Waals surface area contributed by atoms with Gasteiger partial charge in [0, 0.05) is 18.1 Å². The van der Waals surface area contributed by atoms with Crippen molar-refractivity contribution in [1.29, 1.82) is 0 Å². The SMILES string of the molecule is Cc1ccn(C)c1C(=O)NCc1nc(C(=O)O)c(C)s1. The topological polar surface area (TPSA) is 84.2 Å². The molecule has 0 aliphatic carbocycles. The van der Waals surface area contributed by atoms with Crippen LogP contribution < -0.4 is 5.32 Å². The zero-order valence-corrected chi connectivity index (χ0v) is 12.2. The van der Waals surface area contributed by atoms with Gasteiger partial charge >= 0.3 is 5.97 Å². The summed E-state index contributed by atoms with van der Waals surface area (Å²) in [6.45, 7) is 3.79. The van der Waals surface area contributed by atoms with E-state index >= 15 is 0 Å². The molecule has 0 radical (unpaired) electrons. The third kappa shape index (κ3) is 2.72. The van der Waals surface area contributed by atoms with Gasteiger partial charge in [0.05, 0.1) is 6.54 Å². The number of hydrogen-bond donors (Lipinski definition) is 2. The number of nitrogens with zero attached hydrogens (tertiary/aromatic N) is 2. The van der Waals surface area contributed by atoms with Gasteiger partial charge < -0.3 is 15.0 Å². The monoisotopic (exact) mass is 293 g/mol. The number of rotatable bonds is 4. The Balaban J connectivity index is 2.08. The quantitative estimate of drug-likeness (QED) is 0.899. The van der Waals surface area contributed by atoms with Crippen LogP contribution in [0.25, 0.3) is 0 Å². The summed E-state index contributed by atoms with van der Waals surface area (Å²) in [4.78, 5) is 27.6. The highest BCUT2D eigenvalue weighted by Gasteiger charge is 2.16. The maximum Gasteiger partial charge on any atom is 0.355 e. The van der Waals surface area contributed by atoms with Crippen molar-refractivity contribution >= 4 is 23.2 Å². The first kappa shape index (κ1) is 14.3. The normalized spacial score (nSPS) is 10.6. The van der Waals surface area contributed by atoms with Crippen molar-refractivity contribution in [3.05, 3.63) is 39.1 Å². The van der Waals surface area contributed by atoms with E-state index in [0.29, 0.717) is 15.6 Å². The third-order valence-corrected chi connectivity index (χ3v) is 3.90. The second-order valence-electron chi connectivity index (χ2n) is 4.46. The minimum atomic E-state index is -1.05. The van der Waals surface area contributed by atoms with Crippen molar-refractivity contribution in [2.24, 2.45) is 7.05 Å². The Morgan fingerprint density at radius 3 is 2.65 bits per heavy atom. The summed E-state index contributed by atoms with van der Waals surface area (Å²) in [6.07, 6.45) is 1.82. The number of carboxylic acid groups (broad SMARTS) is 1. The van der Waals surface area contributed by atoms with Crippen molar-refractivity contribution in [2.75, 3.05) is 0 Å². The van der Waals surface area contributed by atoms with Crippen molar-refractivity contribution in [3.63, 3.8) is 0 Å². The highest BCUT2D eigenvalue weighted by molar-refractivity contribution is 7.11. The Labute approximate surface area is 120 Å². The summed E-state index contributed by atoms with van der Waals surface area (Å²) >= 11 is 1.28. The fourth-order valence-electron chi connectivity index (χ4n) is 1.96. The lowest BCUT2D eigenvalue weighted by Crippen LogP contribution is -2.25. The van der Waals surface area contributed by atoms with Crippen LogP contribution in [0.5, 0.6) is 0 Å². The number of aryl methyl sites for hydroxylation is 3. The van der Waals surface area contributed by atoms with Gasteiger partial charge in [0.1, 0.15) is 10.7 Å². The number of nitrogens with one attached hydrogen (secondary N) is 1. The van der Waals surface area contributed by atoms with Gasteiger partial charge in [-0.25, -0.2) is 9.78 Å². The maximum absolute atomic E-state index is 12.1. The molecule has 0 saturated carbocycles. The van der Waals surface area contributed by atoms with Crippen LogP contribution in [-0.4, -0.2) is 26.5 Å². The smallest absolute Gasteiger partial charge is 0.355 e. The van der Waals surface area contributed by atoms with E-state index in [4.69, 9.17) is 5.11 Å². The fraction of sp³-hybridized carbons (Fsp3) is 0.308. The molecule has 0 bridgehead atoms. The lowest BCUT2D eigenvalue weighted by molar-refractivity contribution is 0.0690. The summed E-state index contributed by atoms with van der Waals surface area (Å²) in [5.74, 6) is -1.24. The van der Waals surface area contributed by atoms with Gasteiger partial charge in [-0.05, 0) is 25.5 Å². The van der Waals surface area contributed by atoms with E-state index in [0.717, 1.165) is 5.56 Å². The third-order valence-electron chi connectivity index (χ3n) is 2.93. The number of carboxylic acids is 1. The van der Waals surface area contributed by atoms with Crippen molar-refractivity contribution in [1.82, 2.24) is 14.9 Å². The van der Waals surface area contributed by atoms with Crippen molar-refractivity contribution < 1.29 is 14.7 Å². The highest BCUT2D eigenvalue weighted by Crippen LogP contribution is 2.17. The van der Waals surface area contributed by atoms with E-state index in [1.54, 1.807) is 18.5 Å². The van der Waals surface area contributed by atoms with Gasteiger partial charge in [0.15, 0.2) is 5.69 Å². The van der Waals surface area contributed by atoms with Crippen molar-refractivity contribution in [3.8, 4) is 0 Å². The minimum Gasteiger partial charge on any atom is -0.476 e. The van der Waals surface area contributed by atoms with E-state index < -0.39 is 5.97 Å². The molecule has 0 aliphatic heterocycles. The largest absolute Gasteiger partial charge is 0.476 e. The standard InChI is InChI=1S/C13H15N3O3S/c1-7-4-5-16(3)11(7)12(17)14-6-9-15-10(13(18)19)8(2)20-9/h4-5H,6H2,1-3H3,(H,14,17)(H,18,19). The van der Waals surface area contributed by atoms with Crippen LogP contribution in [0.3, 0.4) is 0 Å². The number of amides is 1. The van der Waals surface area contributed by atoms with Crippen LogP contribution in [0, 0.1) is 13.8 Å². The summed E-state index contributed by atoms with van der Waals surface area (Å²) in [6, 6.07) is 1.87. The molecule has 1 amide bonds. The number of aromatic carboxylic acids is 1. The van der Waals surface area contributed by atoms with Crippen LogP contribution in [0.2, 0.25) is 0 Å². The number of thiazole rings is 1. The van der Waals surface area contributed by atoms with E-state index in [9.17, 15) is 9.59 Å². The molecular formula is C13H15N3O3S. The van der Waals surface area contributed by atoms with E-state index in [1.165, 1.54) is 11.3 Å². The van der Waals surface area contributed by atoms with Gasteiger partial charge in [0.25, 0.3) is 5.91 Å². The number of aromatic nitrogens is 2. The zero-order chi connectivity index (χ0) is 14.9. The average molecular weight is 293 g/mol. The molecule has 2 aromatic heterocycles. The molecule has 20 heavy (non-hydrogen) atoms. The fourth-order valence-corrected chi connectivity index (χ4v) is 2.82. The van der Waals surface area contributed by atoms with E-state index in [2.05, 4.69) is 10.3 Å². The Hall–Kier alpha value is -2.15. The average Bonchev–Trinajstić information content (AvgIpc) is 2.90. The molecule has 0 fully saturated rings. The lowest BCUT2D eigenvalue weighted by atomic mass is 10.2. The van der Waals surface area contributed by atoms with Crippen LogP contribution in [0.1, 0.15) is 36.4 Å². The molecule has 0 unspecified atom stereocenters. The van der Waals surface area contributed by atoms with Gasteiger partial charge in [-0.3, -0.25) is 4.79 Å². The molecule has 2 N–H and O–H groups in total. The lowest BCUT2D eigenvalue weighted by Gasteiger charge is -2.05. The predicted octanol–water partition coefficient (Wildman–Crippen LogP) is 1.73. The summed E-state index contributed by atoms with van der Waals surface area (Å²) < 4.78 is 1.75. The molecule has 2 aromatic rings. The molecule has 106 valence electrons. The number of carbonyl (C=O) groups excluding carboxylic acids is 1. The molecule has 0 atom stereocenters. The molecule has 0 saturated heterocycles. The first-order chi connectivity index (χ1) is 9.40. The maximum atomic E-state index is 12.1. The molecular weight excluding hydrogens is 278 g/mol. The van der Waals surface area contributed by atoms with Crippen LogP contribution >= 0.6 is 11.3 Å². The Morgan fingerprint density at radius 1 is 1.45 bits per heavy atom. The van der Waals surface area contributed by atoms with Crippen molar-refractivity contribution in [2.45, 2.75) is 20.4 Å². The molecule has 0 spiro atoms. The Kier molecular flexibility index (Phi) is 3.89.